The average Bonchev–Trinajstić information content (AvgIpc) is 2.86. The molecule has 0 N–H and O–H groups in total. The van der Waals surface area contributed by atoms with Gasteiger partial charge in [0.15, 0.2) is 0 Å². The highest BCUT2D eigenvalue weighted by atomic mass is 16.5. The number of hydrogen-bond acceptors (Lipinski definition) is 6. The fourth-order valence-corrected chi connectivity index (χ4v) is 8.22. The Balaban J connectivity index is 1.81. The van der Waals surface area contributed by atoms with E-state index in [1.54, 1.807) is 0 Å². The van der Waals surface area contributed by atoms with E-state index in [0.717, 1.165) is 58.0 Å². The van der Waals surface area contributed by atoms with Crippen LogP contribution in [0.15, 0.2) is 0 Å². The summed E-state index contributed by atoms with van der Waals surface area (Å²) in [4.78, 5) is 31.1. The van der Waals surface area contributed by atoms with Crippen molar-refractivity contribution in [1.82, 2.24) is 9.80 Å². The third-order valence-electron chi connectivity index (χ3n) is 11.2. The van der Waals surface area contributed by atoms with Crippen molar-refractivity contribution in [1.29, 1.82) is 0 Å². The molecular weight excluding hydrogens is 536 g/mol. The lowest BCUT2D eigenvalue weighted by Gasteiger charge is -2.58. The highest BCUT2D eigenvalue weighted by Gasteiger charge is 2.51. The van der Waals surface area contributed by atoms with Crippen molar-refractivity contribution in [3.8, 4) is 0 Å². The number of rotatable bonds is 16. The van der Waals surface area contributed by atoms with E-state index in [2.05, 4.69) is 92.9 Å². The van der Waals surface area contributed by atoms with Crippen LogP contribution in [0.5, 0.6) is 0 Å². The van der Waals surface area contributed by atoms with Gasteiger partial charge in [0.25, 0.3) is 0 Å². The molecule has 0 spiro atoms. The summed E-state index contributed by atoms with van der Waals surface area (Å²) in [7, 11) is 0. The molecule has 2 rings (SSSR count). The molecule has 2 aliphatic rings. The molecule has 2 heterocycles. The molecule has 4 unspecified atom stereocenters. The zero-order chi connectivity index (χ0) is 32.6. The molecule has 0 aliphatic carbocycles. The number of nitrogens with zero attached hydrogens (tertiary/aromatic N) is 2. The van der Waals surface area contributed by atoms with Crippen LogP contribution in [0.25, 0.3) is 0 Å². The summed E-state index contributed by atoms with van der Waals surface area (Å²) >= 11 is 0. The molecule has 0 bridgehead atoms. The minimum Gasteiger partial charge on any atom is -0.462 e. The van der Waals surface area contributed by atoms with Crippen molar-refractivity contribution in [2.75, 3.05) is 13.1 Å². The maximum atomic E-state index is 12.9. The van der Waals surface area contributed by atoms with Crippen molar-refractivity contribution in [3.05, 3.63) is 0 Å². The van der Waals surface area contributed by atoms with Crippen molar-refractivity contribution < 1.29 is 19.1 Å². The second-order valence-corrected chi connectivity index (χ2v) is 16.3. The number of piperidine rings is 2. The lowest BCUT2D eigenvalue weighted by atomic mass is 9.71. The number of ether oxygens (including phenoxy) is 2. The van der Waals surface area contributed by atoms with Gasteiger partial charge in [-0.25, -0.2) is 0 Å². The third kappa shape index (κ3) is 9.92. The topological polar surface area (TPSA) is 59.1 Å². The van der Waals surface area contributed by atoms with Gasteiger partial charge in [0, 0.05) is 60.7 Å². The Labute approximate surface area is 266 Å². The zero-order valence-electron chi connectivity index (χ0n) is 30.4. The quantitative estimate of drug-likeness (QED) is 0.129. The van der Waals surface area contributed by atoms with Gasteiger partial charge in [-0.3, -0.25) is 19.4 Å². The minimum absolute atomic E-state index is 0.00824. The highest BCUT2D eigenvalue weighted by molar-refractivity contribution is 5.70. The van der Waals surface area contributed by atoms with Crippen LogP contribution < -0.4 is 0 Å². The fourth-order valence-electron chi connectivity index (χ4n) is 8.22. The van der Waals surface area contributed by atoms with Crippen molar-refractivity contribution >= 4 is 11.9 Å². The van der Waals surface area contributed by atoms with E-state index in [4.69, 9.17) is 9.47 Å². The van der Waals surface area contributed by atoms with E-state index in [1.807, 2.05) is 0 Å². The molecule has 4 atom stereocenters. The first kappa shape index (κ1) is 38.0. The number of likely N-dealkylation sites (tertiary alicyclic amines) is 2. The summed E-state index contributed by atoms with van der Waals surface area (Å²) in [6.45, 7) is 29.8. The number of esters is 2. The number of unbranched alkanes of at least 4 members (excludes halogenated alkanes) is 4. The molecule has 0 aromatic rings. The van der Waals surface area contributed by atoms with Crippen LogP contribution in [0.4, 0.5) is 0 Å². The SMILES string of the molecule is CCCCN1C(C)(C)CC(OC(=O)CCCCCC(=O)OC2CC(C)(C)N(CCCC)C(C)(C(C)C)C2)CC1(C)C(C)C. The normalized spacial score (nSPS) is 29.6. The van der Waals surface area contributed by atoms with E-state index in [9.17, 15) is 9.59 Å². The molecule has 2 aliphatic heterocycles. The minimum atomic E-state index is -0.0958. The fraction of sp³-hybridized carbons (Fsp3) is 0.946. The van der Waals surface area contributed by atoms with Crippen LogP contribution in [0.2, 0.25) is 0 Å². The number of hydrogen-bond donors (Lipinski definition) is 0. The highest BCUT2D eigenvalue weighted by Crippen LogP contribution is 2.45. The van der Waals surface area contributed by atoms with Crippen LogP contribution >= 0.6 is 0 Å². The molecule has 6 heteroatoms. The molecular formula is C37H70N2O4. The van der Waals surface area contributed by atoms with Gasteiger partial charge in [0.05, 0.1) is 0 Å². The Bertz CT molecular complexity index is 814. The Morgan fingerprint density at radius 3 is 1.26 bits per heavy atom. The first-order chi connectivity index (χ1) is 19.9. The summed E-state index contributed by atoms with van der Waals surface area (Å²) in [5, 5.41) is 0. The number of carbonyl (C=O) groups is 2. The van der Waals surface area contributed by atoms with E-state index in [1.165, 1.54) is 25.7 Å². The van der Waals surface area contributed by atoms with Gasteiger partial charge in [-0.1, -0.05) is 60.8 Å². The van der Waals surface area contributed by atoms with Crippen molar-refractivity contribution in [2.24, 2.45) is 11.8 Å². The molecule has 0 aromatic heterocycles. The van der Waals surface area contributed by atoms with Gasteiger partial charge in [-0.15, -0.1) is 0 Å². The van der Waals surface area contributed by atoms with Crippen LogP contribution in [-0.4, -0.2) is 69.2 Å². The Hall–Kier alpha value is -1.14. The summed E-state index contributed by atoms with van der Waals surface area (Å²) in [6.07, 6.45) is 11.4. The predicted octanol–water partition coefficient (Wildman–Crippen LogP) is 8.94. The molecule has 6 nitrogen and oxygen atoms in total. The summed E-state index contributed by atoms with van der Waals surface area (Å²) in [5.74, 6) is 0.760. The molecule has 0 saturated carbocycles. The maximum absolute atomic E-state index is 12.9. The molecule has 43 heavy (non-hydrogen) atoms. The Morgan fingerprint density at radius 1 is 0.605 bits per heavy atom. The summed E-state index contributed by atoms with van der Waals surface area (Å²) in [5.41, 5.74) is 0.00371. The summed E-state index contributed by atoms with van der Waals surface area (Å²) in [6, 6.07) is 0. The molecule has 2 saturated heterocycles. The standard InChI is InChI=1S/C37H70N2O4/c1-13-15-22-38-34(7,8)24-30(26-36(38,11)28(3)4)42-32(40)20-18-17-19-21-33(41)43-31-25-35(9,10)39(23-16-14-2)37(12,27-31)29(5)6/h28-31H,13-27H2,1-12H3. The first-order valence-corrected chi connectivity index (χ1v) is 17.9. The third-order valence-corrected chi connectivity index (χ3v) is 11.2. The molecule has 0 aromatic carbocycles. The maximum Gasteiger partial charge on any atom is 0.306 e. The molecule has 252 valence electrons. The predicted molar refractivity (Wildman–Crippen MR) is 179 cm³/mol. The second kappa shape index (κ2) is 15.9. The largest absolute Gasteiger partial charge is 0.462 e. The van der Waals surface area contributed by atoms with Gasteiger partial charge in [-0.2, -0.15) is 0 Å². The van der Waals surface area contributed by atoms with Gasteiger partial charge in [0.1, 0.15) is 12.2 Å². The lowest BCUT2D eigenvalue weighted by Crippen LogP contribution is -2.65. The van der Waals surface area contributed by atoms with Gasteiger partial charge < -0.3 is 9.47 Å². The Kier molecular flexibility index (Phi) is 14.1. The average molecular weight is 607 g/mol. The second-order valence-electron chi connectivity index (χ2n) is 16.3. The van der Waals surface area contributed by atoms with Gasteiger partial charge >= 0.3 is 11.9 Å². The first-order valence-electron chi connectivity index (χ1n) is 17.9. The number of carbonyl (C=O) groups excluding carboxylic acids is 2. The van der Waals surface area contributed by atoms with Crippen molar-refractivity contribution in [2.45, 2.75) is 201 Å². The van der Waals surface area contributed by atoms with Gasteiger partial charge in [0.2, 0.25) is 0 Å². The Morgan fingerprint density at radius 2 is 0.953 bits per heavy atom. The molecule has 0 amide bonds. The molecule has 2 fully saturated rings. The van der Waals surface area contributed by atoms with Crippen LogP contribution in [-0.2, 0) is 19.1 Å². The van der Waals surface area contributed by atoms with Gasteiger partial charge in [-0.05, 0) is 92.2 Å². The van der Waals surface area contributed by atoms with E-state index < -0.39 is 0 Å². The van der Waals surface area contributed by atoms with E-state index in [-0.39, 0.29) is 46.3 Å². The smallest absolute Gasteiger partial charge is 0.306 e. The van der Waals surface area contributed by atoms with Crippen molar-refractivity contribution in [3.63, 3.8) is 0 Å². The van der Waals surface area contributed by atoms with E-state index >= 15 is 0 Å². The monoisotopic (exact) mass is 607 g/mol. The lowest BCUT2D eigenvalue weighted by molar-refractivity contribution is -0.165. The summed E-state index contributed by atoms with van der Waals surface area (Å²) < 4.78 is 12.2. The zero-order valence-corrected chi connectivity index (χ0v) is 30.4. The molecule has 0 radical (unpaired) electrons. The van der Waals surface area contributed by atoms with E-state index in [0.29, 0.717) is 24.7 Å². The van der Waals surface area contributed by atoms with Crippen LogP contribution in [0, 0.1) is 11.8 Å². The van der Waals surface area contributed by atoms with Crippen LogP contribution in [0.3, 0.4) is 0 Å². The van der Waals surface area contributed by atoms with Crippen LogP contribution in [0.1, 0.15) is 167 Å².